The standard InChI is InChI=1S/C15H28O/c1-12(2)14-8-5-9-15(16,11-14)10-13-6-3-4-7-13/h12-14,16H,3-11H2,1-2H3. The molecule has 2 aliphatic rings. The van der Waals surface area contributed by atoms with Crippen LogP contribution in [0.3, 0.4) is 0 Å². The van der Waals surface area contributed by atoms with Gasteiger partial charge in [0.1, 0.15) is 0 Å². The molecule has 94 valence electrons. The van der Waals surface area contributed by atoms with Crippen LogP contribution < -0.4 is 0 Å². The molecule has 0 heterocycles. The summed E-state index contributed by atoms with van der Waals surface area (Å²) in [5, 5.41) is 10.8. The Morgan fingerprint density at radius 3 is 2.44 bits per heavy atom. The summed E-state index contributed by atoms with van der Waals surface area (Å²) >= 11 is 0. The van der Waals surface area contributed by atoms with Gasteiger partial charge in [-0.1, -0.05) is 46.0 Å². The Kier molecular flexibility index (Phi) is 3.94. The van der Waals surface area contributed by atoms with Crippen LogP contribution in [0.15, 0.2) is 0 Å². The van der Waals surface area contributed by atoms with Crippen molar-refractivity contribution in [2.75, 3.05) is 0 Å². The van der Waals surface area contributed by atoms with Crippen LogP contribution in [0.25, 0.3) is 0 Å². The molecular formula is C15H28O. The van der Waals surface area contributed by atoms with E-state index in [0.717, 1.165) is 37.0 Å². The third-order valence-corrected chi connectivity index (χ3v) is 4.95. The predicted octanol–water partition coefficient (Wildman–Crippen LogP) is 4.14. The number of hydrogen-bond donors (Lipinski definition) is 1. The normalized spacial score (nSPS) is 37.1. The van der Waals surface area contributed by atoms with E-state index in [1.807, 2.05) is 0 Å². The summed E-state index contributed by atoms with van der Waals surface area (Å²) in [4.78, 5) is 0. The van der Waals surface area contributed by atoms with E-state index >= 15 is 0 Å². The van der Waals surface area contributed by atoms with Gasteiger partial charge in [0.25, 0.3) is 0 Å². The molecule has 0 aromatic heterocycles. The van der Waals surface area contributed by atoms with E-state index in [1.54, 1.807) is 0 Å². The quantitative estimate of drug-likeness (QED) is 0.763. The monoisotopic (exact) mass is 224 g/mol. The molecule has 0 aromatic carbocycles. The van der Waals surface area contributed by atoms with Gasteiger partial charge in [0.2, 0.25) is 0 Å². The summed E-state index contributed by atoms with van der Waals surface area (Å²) in [6.45, 7) is 4.62. The smallest absolute Gasteiger partial charge is 0.0653 e. The molecular weight excluding hydrogens is 196 g/mol. The highest BCUT2D eigenvalue weighted by Crippen LogP contribution is 2.42. The summed E-state index contributed by atoms with van der Waals surface area (Å²) in [6, 6.07) is 0. The second-order valence-electron chi connectivity index (χ2n) is 6.68. The molecule has 2 atom stereocenters. The Bertz CT molecular complexity index is 213. The van der Waals surface area contributed by atoms with E-state index in [1.165, 1.54) is 38.5 Å². The van der Waals surface area contributed by atoms with Gasteiger partial charge in [0.05, 0.1) is 5.60 Å². The van der Waals surface area contributed by atoms with Gasteiger partial charge in [0, 0.05) is 0 Å². The van der Waals surface area contributed by atoms with Crippen LogP contribution in [-0.2, 0) is 0 Å². The molecule has 0 saturated heterocycles. The Morgan fingerprint density at radius 2 is 1.81 bits per heavy atom. The lowest BCUT2D eigenvalue weighted by Crippen LogP contribution is -2.38. The number of rotatable bonds is 3. The Hall–Kier alpha value is -0.0400. The molecule has 0 radical (unpaired) electrons. The highest BCUT2D eigenvalue weighted by atomic mass is 16.3. The predicted molar refractivity (Wildman–Crippen MR) is 68.3 cm³/mol. The third-order valence-electron chi connectivity index (χ3n) is 4.95. The lowest BCUT2D eigenvalue weighted by atomic mass is 9.70. The molecule has 1 N–H and O–H groups in total. The fourth-order valence-electron chi connectivity index (χ4n) is 3.89. The summed E-state index contributed by atoms with van der Waals surface area (Å²) in [5.74, 6) is 2.34. The first-order valence-electron chi connectivity index (χ1n) is 7.31. The van der Waals surface area contributed by atoms with Crippen LogP contribution in [-0.4, -0.2) is 10.7 Å². The minimum Gasteiger partial charge on any atom is -0.390 e. The Morgan fingerprint density at radius 1 is 1.12 bits per heavy atom. The zero-order valence-corrected chi connectivity index (χ0v) is 11.0. The van der Waals surface area contributed by atoms with Gasteiger partial charge < -0.3 is 5.11 Å². The first kappa shape index (κ1) is 12.4. The highest BCUT2D eigenvalue weighted by Gasteiger charge is 2.37. The first-order chi connectivity index (χ1) is 7.59. The maximum absolute atomic E-state index is 10.8. The highest BCUT2D eigenvalue weighted by molar-refractivity contribution is 4.90. The summed E-state index contributed by atoms with van der Waals surface area (Å²) < 4.78 is 0. The molecule has 1 nitrogen and oxygen atoms in total. The largest absolute Gasteiger partial charge is 0.390 e. The van der Waals surface area contributed by atoms with Gasteiger partial charge in [-0.05, 0) is 43.4 Å². The van der Waals surface area contributed by atoms with E-state index in [4.69, 9.17) is 0 Å². The van der Waals surface area contributed by atoms with Gasteiger partial charge in [0.15, 0.2) is 0 Å². The van der Waals surface area contributed by atoms with Gasteiger partial charge in [-0.25, -0.2) is 0 Å². The van der Waals surface area contributed by atoms with Gasteiger partial charge in [-0.2, -0.15) is 0 Å². The van der Waals surface area contributed by atoms with Crippen LogP contribution in [0.2, 0.25) is 0 Å². The Labute approximate surface area is 101 Å². The van der Waals surface area contributed by atoms with Crippen LogP contribution in [0.4, 0.5) is 0 Å². The zero-order chi connectivity index (χ0) is 11.6. The van der Waals surface area contributed by atoms with E-state index in [2.05, 4.69) is 13.8 Å². The molecule has 0 amide bonds. The average Bonchev–Trinajstić information content (AvgIpc) is 2.69. The average molecular weight is 224 g/mol. The van der Waals surface area contributed by atoms with Crippen molar-refractivity contribution >= 4 is 0 Å². The van der Waals surface area contributed by atoms with E-state index in [9.17, 15) is 5.11 Å². The van der Waals surface area contributed by atoms with E-state index in [-0.39, 0.29) is 5.60 Å². The van der Waals surface area contributed by atoms with Crippen molar-refractivity contribution in [3.63, 3.8) is 0 Å². The van der Waals surface area contributed by atoms with E-state index in [0.29, 0.717) is 0 Å². The summed E-state index contributed by atoms with van der Waals surface area (Å²) in [7, 11) is 0. The fourth-order valence-corrected chi connectivity index (χ4v) is 3.89. The topological polar surface area (TPSA) is 20.2 Å². The molecule has 2 aliphatic carbocycles. The minimum absolute atomic E-state index is 0.303. The molecule has 2 saturated carbocycles. The van der Waals surface area contributed by atoms with Crippen molar-refractivity contribution in [2.45, 2.75) is 77.2 Å². The van der Waals surface area contributed by atoms with Crippen molar-refractivity contribution in [1.82, 2.24) is 0 Å². The van der Waals surface area contributed by atoms with Crippen LogP contribution in [0, 0.1) is 17.8 Å². The molecule has 2 fully saturated rings. The van der Waals surface area contributed by atoms with Crippen LogP contribution in [0.5, 0.6) is 0 Å². The van der Waals surface area contributed by atoms with Gasteiger partial charge in [-0.15, -0.1) is 0 Å². The zero-order valence-electron chi connectivity index (χ0n) is 11.0. The minimum atomic E-state index is -0.303. The first-order valence-corrected chi connectivity index (χ1v) is 7.31. The SMILES string of the molecule is CC(C)C1CCCC(O)(CC2CCCC2)C1. The lowest BCUT2D eigenvalue weighted by Gasteiger charge is -2.40. The molecule has 0 aromatic rings. The van der Waals surface area contributed by atoms with E-state index < -0.39 is 0 Å². The summed E-state index contributed by atoms with van der Waals surface area (Å²) in [6.07, 6.45) is 11.3. The maximum atomic E-state index is 10.8. The second-order valence-corrected chi connectivity index (χ2v) is 6.68. The third kappa shape index (κ3) is 3.00. The number of hydrogen-bond acceptors (Lipinski definition) is 1. The number of aliphatic hydroxyl groups is 1. The van der Waals surface area contributed by atoms with Crippen molar-refractivity contribution in [3.05, 3.63) is 0 Å². The molecule has 0 aliphatic heterocycles. The molecule has 16 heavy (non-hydrogen) atoms. The van der Waals surface area contributed by atoms with Crippen molar-refractivity contribution in [3.8, 4) is 0 Å². The van der Waals surface area contributed by atoms with Crippen molar-refractivity contribution < 1.29 is 5.11 Å². The molecule has 1 heteroatoms. The molecule has 0 spiro atoms. The van der Waals surface area contributed by atoms with Crippen LogP contribution >= 0.6 is 0 Å². The lowest BCUT2D eigenvalue weighted by molar-refractivity contribution is -0.0422. The second kappa shape index (κ2) is 5.08. The molecule has 2 unspecified atom stereocenters. The van der Waals surface area contributed by atoms with Gasteiger partial charge >= 0.3 is 0 Å². The Balaban J connectivity index is 1.89. The maximum Gasteiger partial charge on any atom is 0.0653 e. The fraction of sp³-hybridized carbons (Fsp3) is 1.00. The molecule has 2 rings (SSSR count). The van der Waals surface area contributed by atoms with Crippen molar-refractivity contribution in [1.29, 1.82) is 0 Å². The molecule has 0 bridgehead atoms. The summed E-state index contributed by atoms with van der Waals surface area (Å²) in [5.41, 5.74) is -0.303. The van der Waals surface area contributed by atoms with Gasteiger partial charge in [-0.3, -0.25) is 0 Å². The van der Waals surface area contributed by atoms with Crippen molar-refractivity contribution in [2.24, 2.45) is 17.8 Å². The van der Waals surface area contributed by atoms with Crippen LogP contribution in [0.1, 0.15) is 71.6 Å².